The van der Waals surface area contributed by atoms with Crippen molar-refractivity contribution in [1.29, 1.82) is 0 Å². The van der Waals surface area contributed by atoms with Gasteiger partial charge in [0, 0.05) is 150 Å². The van der Waals surface area contributed by atoms with E-state index < -0.39 is 13.1 Å². The summed E-state index contributed by atoms with van der Waals surface area (Å²) >= 11 is 37.9. The summed E-state index contributed by atoms with van der Waals surface area (Å²) in [5, 5.41) is 13.2. The number of benzene rings is 4. The molecule has 0 radical (unpaired) electrons. The number of hydrogen-bond donors (Lipinski definition) is 5. The van der Waals surface area contributed by atoms with Gasteiger partial charge in [-0.15, -0.1) is 23.2 Å². The average Bonchev–Trinajstić information content (AvgIpc) is 1.62. The maximum atomic E-state index is 12.5. The molecule has 722 valence electrons. The molecular weight excluding hydrogens is 1940 g/mol. The molecule has 0 atom stereocenters. The number of carboxylic acid groups (broad SMARTS) is 1. The van der Waals surface area contributed by atoms with Gasteiger partial charge in [0.1, 0.15) is 47.8 Å². The predicted octanol–water partition coefficient (Wildman–Crippen LogP) is 13.4. The Hall–Kier alpha value is -11.4. The fraction of sp³-hybridized carbons (Fsp3) is 0.355. The van der Waals surface area contributed by atoms with Crippen molar-refractivity contribution in [2.75, 3.05) is 162 Å². The second kappa shape index (κ2) is 56.3. The molecule has 0 aliphatic carbocycles. The quantitative estimate of drug-likeness (QED) is 0.0153. The number of alkyl halides is 2. The minimum absolute atomic E-state index is 0.134. The Kier molecular flexibility index (Phi) is 44.8. The van der Waals surface area contributed by atoms with Gasteiger partial charge >= 0.3 is 13.1 Å². The second-order valence-electron chi connectivity index (χ2n) is 30.6. The lowest BCUT2D eigenvalue weighted by molar-refractivity contribution is -0.131. The monoisotopic (exact) mass is 2050 g/mol. The zero-order chi connectivity index (χ0) is 97.9. The first-order valence-corrected chi connectivity index (χ1v) is 46.5. The number of amides is 5. The van der Waals surface area contributed by atoms with Gasteiger partial charge in [-0.05, 0) is 175 Å². The van der Waals surface area contributed by atoms with E-state index in [1.165, 1.54) is 18.3 Å². The minimum atomic E-state index is -0.980. The summed E-state index contributed by atoms with van der Waals surface area (Å²) < 4.78 is 56.0. The lowest BCUT2D eigenvalue weighted by Gasteiger charge is -2.32. The van der Waals surface area contributed by atoms with Crippen molar-refractivity contribution in [3.05, 3.63) is 230 Å². The summed E-state index contributed by atoms with van der Waals surface area (Å²) in [6.07, 6.45) is 23.4. The molecule has 8 N–H and O–H groups in total. The van der Waals surface area contributed by atoms with Crippen LogP contribution in [0.2, 0.25) is 20.1 Å². The maximum absolute atomic E-state index is 12.5. The Labute approximate surface area is 827 Å². The predicted molar refractivity (Wildman–Crippen MR) is 525 cm³/mol. The van der Waals surface area contributed by atoms with Crippen LogP contribution in [0.5, 0.6) is 23.0 Å². The summed E-state index contributed by atoms with van der Waals surface area (Å²) in [5.74, 6) is 2.09. The van der Waals surface area contributed by atoms with Crippen molar-refractivity contribution in [2.24, 2.45) is 5.73 Å². The van der Waals surface area contributed by atoms with Crippen LogP contribution in [0.3, 0.4) is 0 Å². The van der Waals surface area contributed by atoms with Crippen LogP contribution in [0.4, 0.5) is 11.6 Å². The number of rotatable bonds is 25. The highest BCUT2D eigenvalue weighted by atomic mass is 79.9. The number of ether oxygens (including phenoxy) is 8. The number of halogens is 7. The van der Waals surface area contributed by atoms with E-state index in [1.807, 2.05) is 83.1 Å². The number of carboxylic acids is 1. The van der Waals surface area contributed by atoms with Gasteiger partial charge in [0.05, 0.1) is 114 Å². The molecule has 5 saturated heterocycles. The third-order valence-electron chi connectivity index (χ3n) is 20.2. The first-order chi connectivity index (χ1) is 65.5. The van der Waals surface area contributed by atoms with Crippen LogP contribution in [0.1, 0.15) is 108 Å². The molecule has 43 heteroatoms. The zero-order valence-electron chi connectivity index (χ0n) is 75.7. The van der Waals surface area contributed by atoms with Gasteiger partial charge < -0.3 is 94.4 Å². The fourth-order valence-corrected chi connectivity index (χ4v) is 13.5. The standard InChI is InChI=1S/C25H25ClN6O4.C18H20ClN3O3.C17H19ClN4O3.C15H22BClO3.C9H10BrN3O2.C8H8N2O2.CH2Cl2/c26-20-13-18(19-15-30-24(31-16-19)25(34)32-8-11-35-12-9-32)3-4-21(20)36-10-7-28-23(33)6-2-17-1-5-22(27)29-14-17;1-2-7-25-16-4-3-13(10-15(16)19)14-11-20-17(21-12-14)18(23)22-5-8-24-9-6-22;18-14-9-12(1-2-15(14)25-6-3-19)13-10-20-16(21-11-13)17(23)22-4-7-24-8-5-22;1-6-9-18-13-8-7-11(10-12(13)17)16-19-14(2,3)15(4,5)20-16;10-7-5-11-8(12-6-7)9(14)13-1-3-15-4-2-13;9-7-3-1-6(5-10-7)2-4-8(11)12;2-1-3/h1-6,13-16H,7-12H2,(H2,27,29)(H,28,33);3-4,10-12H,2,5-9H2,1H3;1-2,9-11H,3-8,19H2;7-8,10H,6,9H2,1-5H3;5-6H,1-4H2;1-5H,(H2,9,10)(H,11,12);1H2/b6-2+;;;;;4-2+;. The first-order valence-electron chi connectivity index (χ1n) is 43.1. The molecule has 5 amide bonds. The molecule has 5 aliphatic rings. The van der Waals surface area contributed by atoms with E-state index in [2.05, 4.69) is 78.0 Å². The van der Waals surface area contributed by atoms with Crippen LogP contribution in [-0.4, -0.2) is 278 Å². The molecule has 35 nitrogen and oxygen atoms in total. The minimum Gasteiger partial charge on any atom is -0.492 e. The topological polar surface area (TPSA) is 447 Å². The van der Waals surface area contributed by atoms with Gasteiger partial charge in [-0.1, -0.05) is 84.5 Å². The zero-order valence-corrected chi connectivity index (χ0v) is 81.8. The summed E-state index contributed by atoms with van der Waals surface area (Å²) in [5.41, 5.74) is 22.8. The van der Waals surface area contributed by atoms with Crippen molar-refractivity contribution < 1.29 is 81.1 Å². The molecule has 4 aromatic carbocycles. The fourth-order valence-electron chi connectivity index (χ4n) is 12.3. The number of aliphatic carboxylic acids is 1. The van der Waals surface area contributed by atoms with Crippen LogP contribution < -0.4 is 46.9 Å². The van der Waals surface area contributed by atoms with Crippen LogP contribution in [0, 0.1) is 0 Å². The number of anilines is 2. The third-order valence-corrected chi connectivity index (χ3v) is 21.8. The van der Waals surface area contributed by atoms with Crippen molar-refractivity contribution in [3.8, 4) is 56.4 Å². The van der Waals surface area contributed by atoms with Gasteiger partial charge in [0.25, 0.3) is 23.6 Å². The van der Waals surface area contributed by atoms with Crippen molar-refractivity contribution >= 4 is 157 Å². The number of hydrogen-bond acceptors (Lipinski definition) is 29. The molecule has 136 heavy (non-hydrogen) atoms. The normalized spacial score (nSPS) is 14.7. The van der Waals surface area contributed by atoms with Crippen molar-refractivity contribution in [3.63, 3.8) is 0 Å². The van der Waals surface area contributed by atoms with Gasteiger partial charge in [-0.3, -0.25) is 24.0 Å². The molecule has 0 unspecified atom stereocenters. The molecule has 0 spiro atoms. The summed E-state index contributed by atoms with van der Waals surface area (Å²) in [6, 6.07) is 28.7. The molecule has 5 fully saturated rings. The maximum Gasteiger partial charge on any atom is 0.494 e. The highest BCUT2D eigenvalue weighted by molar-refractivity contribution is 9.10. The lowest BCUT2D eigenvalue weighted by atomic mass is 9.79. The van der Waals surface area contributed by atoms with E-state index in [0.29, 0.717) is 198 Å². The van der Waals surface area contributed by atoms with Crippen LogP contribution in [-0.2, 0) is 37.8 Å². The smallest absolute Gasteiger partial charge is 0.492 e. The Morgan fingerprint density at radius 2 is 0.743 bits per heavy atom. The highest BCUT2D eigenvalue weighted by Crippen LogP contribution is 2.38. The van der Waals surface area contributed by atoms with Gasteiger partial charge in [-0.25, -0.2) is 54.6 Å². The number of morpholine rings is 4. The number of nitrogens with two attached hydrogens (primary N) is 3. The Bertz CT molecular complexity index is 5410. The number of pyridine rings is 2. The SMILES string of the molecule is CCCOc1ccc(-c2cnc(C(=O)N3CCOCC3)nc2)cc1Cl.CCCOc1ccc(B2OC(C)(C)C(C)(C)O2)cc1Cl.ClCCl.NCCOc1ccc(-c2cnc(C(=O)N3CCOCC3)nc2)cc1Cl.Nc1ccc(/C=C/C(=O)NCCOc2ccc(-c3cnc(C(=O)N4CCOCC4)nc3)cc2Cl)cn1.Nc1ccc(/C=C/C(=O)O)cn1.O=C(c1ncc(Br)cn1)N1CCOCC1. The second-order valence-corrected chi connectivity index (χ2v) is 33.9. The number of nitrogen functional groups attached to an aromatic ring is 2. The lowest BCUT2D eigenvalue weighted by Crippen LogP contribution is -2.41. The van der Waals surface area contributed by atoms with Crippen LogP contribution in [0.15, 0.2) is 176 Å². The van der Waals surface area contributed by atoms with Gasteiger partial charge in [0.15, 0.2) is 0 Å². The number of nitrogens with zero attached hydrogens (tertiary/aromatic N) is 14. The molecule has 0 bridgehead atoms. The number of aromatic nitrogens is 10. The summed E-state index contributed by atoms with van der Waals surface area (Å²) in [7, 11) is -0.391. The molecular formula is C93H106BBrCl6N18O17. The number of nitrogens with one attached hydrogen (secondary N) is 1. The highest BCUT2D eigenvalue weighted by Gasteiger charge is 2.52. The Morgan fingerprint density at radius 1 is 0.434 bits per heavy atom. The van der Waals surface area contributed by atoms with Gasteiger partial charge in [-0.2, -0.15) is 0 Å². The molecule has 15 rings (SSSR count). The molecule has 0 saturated carbocycles. The molecule has 11 heterocycles. The first kappa shape index (κ1) is 108. The summed E-state index contributed by atoms with van der Waals surface area (Å²) in [4.78, 5) is 119. The van der Waals surface area contributed by atoms with E-state index in [1.54, 1.807) is 130 Å². The van der Waals surface area contributed by atoms with Crippen LogP contribution in [0.25, 0.3) is 45.5 Å². The Balaban J connectivity index is 0.000000187. The van der Waals surface area contributed by atoms with Gasteiger partial charge in [0.2, 0.25) is 29.2 Å². The third kappa shape index (κ3) is 34.7. The largest absolute Gasteiger partial charge is 0.494 e. The summed E-state index contributed by atoms with van der Waals surface area (Å²) in [6.45, 7) is 23.8. The van der Waals surface area contributed by atoms with Crippen molar-refractivity contribution in [1.82, 2.24) is 74.8 Å². The molecule has 6 aromatic heterocycles. The molecule has 10 aromatic rings. The van der Waals surface area contributed by atoms with E-state index in [4.69, 9.17) is 139 Å². The number of carbonyl (C=O) groups is 6. The van der Waals surface area contributed by atoms with E-state index in [-0.39, 0.29) is 76.0 Å². The number of carbonyl (C=O) groups excluding carboxylic acids is 5. The average molecular weight is 2050 g/mol. The molecule has 5 aliphatic heterocycles. The van der Waals surface area contributed by atoms with E-state index in [0.717, 1.165) is 67.8 Å². The Morgan fingerprint density at radius 3 is 1.04 bits per heavy atom. The van der Waals surface area contributed by atoms with E-state index in [9.17, 15) is 28.8 Å². The van der Waals surface area contributed by atoms with Crippen molar-refractivity contribution in [2.45, 2.75) is 65.6 Å². The van der Waals surface area contributed by atoms with Crippen LogP contribution >= 0.6 is 85.5 Å². The van der Waals surface area contributed by atoms with E-state index >= 15 is 0 Å².